The number of hydrogen-bond acceptors (Lipinski definition) is 5. The van der Waals surface area contributed by atoms with Crippen LogP contribution in [0.2, 0.25) is 0 Å². The number of rotatable bonds is 2. The highest BCUT2D eigenvalue weighted by atomic mass is 16.6. The van der Waals surface area contributed by atoms with Crippen LogP contribution in [0.15, 0.2) is 11.6 Å². The van der Waals surface area contributed by atoms with E-state index in [1.165, 1.54) is 0 Å². The fourth-order valence-corrected chi connectivity index (χ4v) is 4.40. The van der Waals surface area contributed by atoms with Gasteiger partial charge in [-0.1, -0.05) is 11.6 Å². The van der Waals surface area contributed by atoms with Gasteiger partial charge in [-0.05, 0) is 26.2 Å². The largest absolute Gasteiger partial charge is 0.462 e. The summed E-state index contributed by atoms with van der Waals surface area (Å²) < 4.78 is 5.30. The number of nitro groups is 1. The Labute approximate surface area is 122 Å². The van der Waals surface area contributed by atoms with Gasteiger partial charge in [-0.3, -0.25) is 19.7 Å². The normalized spacial score (nSPS) is 41.6. The summed E-state index contributed by atoms with van der Waals surface area (Å²) in [6.45, 7) is 3.39. The highest BCUT2D eigenvalue weighted by molar-refractivity contribution is 5.84. The Morgan fingerprint density at radius 3 is 2.76 bits per heavy atom. The Morgan fingerprint density at radius 2 is 2.14 bits per heavy atom. The maximum atomic E-state index is 12.1. The van der Waals surface area contributed by atoms with Gasteiger partial charge in [-0.25, -0.2) is 0 Å². The molecule has 3 aliphatic rings. The van der Waals surface area contributed by atoms with Gasteiger partial charge < -0.3 is 4.74 Å². The van der Waals surface area contributed by atoms with Crippen LogP contribution in [0, 0.1) is 33.8 Å². The molecule has 0 bridgehead atoms. The monoisotopic (exact) mass is 293 g/mol. The molecule has 114 valence electrons. The van der Waals surface area contributed by atoms with E-state index in [0.29, 0.717) is 19.3 Å². The predicted octanol–water partition coefficient (Wildman–Crippen LogP) is 1.75. The second kappa shape index (κ2) is 4.93. The number of carbonyl (C=O) groups is 2. The van der Waals surface area contributed by atoms with Gasteiger partial charge in [0.05, 0.1) is 5.92 Å². The van der Waals surface area contributed by atoms with E-state index in [0.717, 1.165) is 5.57 Å². The number of carbonyl (C=O) groups excluding carboxylic acids is 2. The molecule has 3 rings (SSSR count). The van der Waals surface area contributed by atoms with Crippen molar-refractivity contribution in [3.05, 3.63) is 21.8 Å². The molecule has 0 amide bonds. The van der Waals surface area contributed by atoms with E-state index in [1.54, 1.807) is 6.92 Å². The molecular formula is C15H19NO5. The second-order valence-electron chi connectivity index (χ2n) is 6.45. The summed E-state index contributed by atoms with van der Waals surface area (Å²) in [6, 6.07) is -0.591. The first kappa shape index (κ1) is 14.2. The average molecular weight is 293 g/mol. The Balaban J connectivity index is 1.98. The van der Waals surface area contributed by atoms with E-state index < -0.39 is 12.0 Å². The molecular weight excluding hydrogens is 274 g/mol. The van der Waals surface area contributed by atoms with Crippen molar-refractivity contribution in [1.82, 2.24) is 0 Å². The predicted molar refractivity (Wildman–Crippen MR) is 72.9 cm³/mol. The van der Waals surface area contributed by atoms with Crippen LogP contribution < -0.4 is 0 Å². The van der Waals surface area contributed by atoms with Gasteiger partial charge in [0.25, 0.3) is 0 Å². The molecule has 0 spiro atoms. The molecule has 6 atom stereocenters. The molecule has 0 radical (unpaired) electrons. The lowest BCUT2D eigenvalue weighted by atomic mass is 9.61. The van der Waals surface area contributed by atoms with Crippen molar-refractivity contribution >= 4 is 11.8 Å². The lowest BCUT2D eigenvalue weighted by Gasteiger charge is -2.40. The van der Waals surface area contributed by atoms with Crippen LogP contribution in [0.1, 0.15) is 33.1 Å². The second-order valence-corrected chi connectivity index (χ2v) is 6.45. The summed E-state index contributed by atoms with van der Waals surface area (Å²) in [4.78, 5) is 34.9. The van der Waals surface area contributed by atoms with Gasteiger partial charge >= 0.3 is 5.97 Å². The zero-order chi connectivity index (χ0) is 15.3. The SMILES string of the molecule is CC(=O)[C@@H]1[C@@H]2[C@@H](C)OC(=O)[C@@H]2C=C2CC([N+](=O)[O-])CC[C@@H]21. The van der Waals surface area contributed by atoms with E-state index in [2.05, 4.69) is 0 Å². The molecule has 21 heavy (non-hydrogen) atoms. The first-order valence-corrected chi connectivity index (χ1v) is 7.45. The molecule has 1 unspecified atom stereocenters. The number of nitrogens with zero attached hydrogens (tertiary/aromatic N) is 1. The number of ketones is 1. The summed E-state index contributed by atoms with van der Waals surface area (Å²) >= 11 is 0. The minimum Gasteiger partial charge on any atom is -0.462 e. The molecule has 6 heteroatoms. The first-order chi connectivity index (χ1) is 9.90. The van der Waals surface area contributed by atoms with Crippen LogP contribution in [-0.4, -0.2) is 28.8 Å². The first-order valence-electron chi connectivity index (χ1n) is 7.45. The zero-order valence-electron chi connectivity index (χ0n) is 12.2. The van der Waals surface area contributed by atoms with E-state index in [1.807, 2.05) is 13.0 Å². The van der Waals surface area contributed by atoms with E-state index in [9.17, 15) is 19.7 Å². The van der Waals surface area contributed by atoms with Crippen LogP contribution in [-0.2, 0) is 14.3 Å². The minimum atomic E-state index is -0.591. The number of hydrogen-bond donors (Lipinski definition) is 0. The van der Waals surface area contributed by atoms with Crippen molar-refractivity contribution in [2.75, 3.05) is 0 Å². The summed E-state index contributed by atoms with van der Waals surface area (Å²) in [5.74, 6) is -0.971. The summed E-state index contributed by atoms with van der Waals surface area (Å²) in [6.07, 6.45) is 3.09. The van der Waals surface area contributed by atoms with Crippen molar-refractivity contribution in [2.24, 2.45) is 23.7 Å². The molecule has 1 saturated carbocycles. The highest BCUT2D eigenvalue weighted by Gasteiger charge is 2.54. The average Bonchev–Trinajstić information content (AvgIpc) is 2.70. The van der Waals surface area contributed by atoms with Crippen molar-refractivity contribution in [2.45, 2.75) is 45.3 Å². The van der Waals surface area contributed by atoms with Crippen molar-refractivity contribution in [3.63, 3.8) is 0 Å². The van der Waals surface area contributed by atoms with Crippen LogP contribution in [0.4, 0.5) is 0 Å². The topological polar surface area (TPSA) is 86.5 Å². The fraction of sp³-hybridized carbons (Fsp3) is 0.733. The smallest absolute Gasteiger partial charge is 0.313 e. The van der Waals surface area contributed by atoms with E-state index >= 15 is 0 Å². The molecule has 2 fully saturated rings. The van der Waals surface area contributed by atoms with Crippen molar-refractivity contribution < 1.29 is 19.2 Å². The van der Waals surface area contributed by atoms with Crippen LogP contribution >= 0.6 is 0 Å². The third-order valence-corrected chi connectivity index (χ3v) is 5.30. The van der Waals surface area contributed by atoms with Crippen LogP contribution in [0.5, 0.6) is 0 Å². The van der Waals surface area contributed by atoms with Gasteiger partial charge in [0.2, 0.25) is 6.04 Å². The number of ether oxygens (including phenoxy) is 1. The number of cyclic esters (lactones) is 1. The van der Waals surface area contributed by atoms with Gasteiger partial charge in [-0.15, -0.1) is 0 Å². The Bertz CT molecular complexity index is 540. The molecule has 1 saturated heterocycles. The number of fused-ring (bicyclic) bond motifs is 2. The van der Waals surface area contributed by atoms with Crippen molar-refractivity contribution in [3.8, 4) is 0 Å². The number of esters is 1. The molecule has 2 aliphatic carbocycles. The Hall–Kier alpha value is -1.72. The third kappa shape index (κ3) is 2.17. The number of Topliss-reactive ketones (excluding diaryl/α,β-unsaturated/α-hetero) is 1. The maximum absolute atomic E-state index is 12.1. The van der Waals surface area contributed by atoms with Gasteiger partial charge in [-0.2, -0.15) is 0 Å². The Kier molecular flexibility index (Phi) is 3.34. The van der Waals surface area contributed by atoms with Gasteiger partial charge in [0, 0.05) is 29.6 Å². The highest BCUT2D eigenvalue weighted by Crippen LogP contribution is 2.50. The molecule has 6 nitrogen and oxygen atoms in total. The zero-order valence-corrected chi connectivity index (χ0v) is 12.2. The van der Waals surface area contributed by atoms with Crippen molar-refractivity contribution in [1.29, 1.82) is 0 Å². The fourth-order valence-electron chi connectivity index (χ4n) is 4.40. The van der Waals surface area contributed by atoms with E-state index in [4.69, 9.17) is 4.74 Å². The van der Waals surface area contributed by atoms with E-state index in [-0.39, 0.29) is 40.5 Å². The quantitative estimate of drug-likeness (QED) is 0.335. The standard InChI is InChI=1S/C15H19NO5/c1-7(17)13-11-4-3-10(16(19)20)5-9(11)6-12-14(13)8(2)21-15(12)18/h6,8,10-14H,3-5H2,1-2H3/t8-,10?,11+,12-,13+,14-/m1/s1. The lowest BCUT2D eigenvalue weighted by molar-refractivity contribution is -0.524. The summed E-state index contributed by atoms with van der Waals surface area (Å²) in [7, 11) is 0. The molecule has 0 aromatic rings. The molecule has 0 aromatic carbocycles. The minimum absolute atomic E-state index is 0.0388. The summed E-state index contributed by atoms with van der Waals surface area (Å²) in [5.41, 5.74) is 0.912. The van der Waals surface area contributed by atoms with Gasteiger partial charge in [0.1, 0.15) is 11.9 Å². The third-order valence-electron chi connectivity index (χ3n) is 5.30. The molecule has 0 N–H and O–H groups in total. The lowest BCUT2D eigenvalue weighted by Crippen LogP contribution is -2.43. The molecule has 1 heterocycles. The van der Waals surface area contributed by atoms with Crippen LogP contribution in [0.25, 0.3) is 0 Å². The maximum Gasteiger partial charge on any atom is 0.313 e. The molecule has 1 aliphatic heterocycles. The van der Waals surface area contributed by atoms with Crippen LogP contribution in [0.3, 0.4) is 0 Å². The molecule has 0 aromatic heterocycles. The van der Waals surface area contributed by atoms with Gasteiger partial charge in [0.15, 0.2) is 0 Å². The Morgan fingerprint density at radius 1 is 1.43 bits per heavy atom. The summed E-state index contributed by atoms with van der Waals surface area (Å²) in [5, 5.41) is 11.0.